The normalized spacial score (nSPS) is 14.0. The summed E-state index contributed by atoms with van der Waals surface area (Å²) >= 11 is 0. The van der Waals surface area contributed by atoms with Crippen molar-refractivity contribution in [2.24, 2.45) is 0 Å². The maximum atomic E-state index is 13.0. The first kappa shape index (κ1) is 20.0. The van der Waals surface area contributed by atoms with Gasteiger partial charge in [-0.15, -0.1) is 0 Å². The Labute approximate surface area is 175 Å². The molecule has 1 amide bonds. The second-order valence-electron chi connectivity index (χ2n) is 8.08. The van der Waals surface area contributed by atoms with Gasteiger partial charge >= 0.3 is 0 Å². The van der Waals surface area contributed by atoms with Crippen LogP contribution < -0.4 is 14.8 Å². The number of para-hydroxylation sites is 1. The minimum Gasteiger partial charge on any atom is -0.485 e. The number of halogens is 1. The summed E-state index contributed by atoms with van der Waals surface area (Å²) in [5.74, 6) is 1.08. The molecule has 3 aromatic carbocycles. The number of carbonyl (C=O) groups is 1. The Morgan fingerprint density at radius 2 is 1.73 bits per heavy atom. The molecule has 154 valence electrons. The molecule has 1 N–H and O–H groups in total. The fraction of sp³-hybridized carbons (Fsp3) is 0.240. The molecular formula is C25H24FNO3. The summed E-state index contributed by atoms with van der Waals surface area (Å²) in [4.78, 5) is 12.3. The number of hydrogen-bond acceptors (Lipinski definition) is 3. The number of rotatable bonds is 6. The number of benzene rings is 3. The lowest BCUT2D eigenvalue weighted by Gasteiger charge is -2.18. The maximum absolute atomic E-state index is 13.0. The molecule has 0 saturated carbocycles. The van der Waals surface area contributed by atoms with Gasteiger partial charge in [0, 0.05) is 24.1 Å². The zero-order valence-corrected chi connectivity index (χ0v) is 17.1. The van der Waals surface area contributed by atoms with E-state index in [1.54, 1.807) is 24.3 Å². The van der Waals surface area contributed by atoms with E-state index >= 15 is 0 Å². The SMILES string of the molecule is CC1(C)Cc2cccc(OCc3ccc(C(=O)NCc4ccc(F)cc4)cc3)c2O1. The summed E-state index contributed by atoms with van der Waals surface area (Å²) in [6, 6.07) is 19.3. The average Bonchev–Trinajstić information content (AvgIpc) is 3.06. The zero-order chi connectivity index (χ0) is 21.1. The molecule has 0 fully saturated rings. The van der Waals surface area contributed by atoms with Gasteiger partial charge in [0.05, 0.1) is 0 Å². The van der Waals surface area contributed by atoms with Crippen LogP contribution in [0.4, 0.5) is 4.39 Å². The number of nitrogens with one attached hydrogen (secondary N) is 1. The molecular weight excluding hydrogens is 381 g/mol. The average molecular weight is 405 g/mol. The van der Waals surface area contributed by atoms with Crippen LogP contribution in [0.15, 0.2) is 66.7 Å². The van der Waals surface area contributed by atoms with Crippen molar-refractivity contribution in [1.29, 1.82) is 0 Å². The van der Waals surface area contributed by atoms with Crippen molar-refractivity contribution in [3.63, 3.8) is 0 Å². The Bertz CT molecular complexity index is 1040. The molecule has 5 heteroatoms. The second kappa shape index (κ2) is 8.19. The summed E-state index contributed by atoms with van der Waals surface area (Å²) in [7, 11) is 0. The van der Waals surface area contributed by atoms with Gasteiger partial charge in [0.25, 0.3) is 5.91 Å². The van der Waals surface area contributed by atoms with E-state index in [9.17, 15) is 9.18 Å². The second-order valence-corrected chi connectivity index (χ2v) is 8.08. The van der Waals surface area contributed by atoms with Crippen molar-refractivity contribution in [3.8, 4) is 11.5 Å². The van der Waals surface area contributed by atoms with Crippen molar-refractivity contribution in [3.05, 3.63) is 94.8 Å². The molecule has 3 aromatic rings. The van der Waals surface area contributed by atoms with Gasteiger partial charge in [-0.3, -0.25) is 4.79 Å². The fourth-order valence-electron chi connectivity index (χ4n) is 3.50. The smallest absolute Gasteiger partial charge is 0.251 e. The molecule has 0 radical (unpaired) electrons. The first-order valence-electron chi connectivity index (χ1n) is 9.95. The quantitative estimate of drug-likeness (QED) is 0.624. The van der Waals surface area contributed by atoms with Crippen molar-refractivity contribution in [2.45, 2.75) is 39.0 Å². The summed E-state index contributed by atoms with van der Waals surface area (Å²) < 4.78 is 25.0. The van der Waals surface area contributed by atoms with E-state index in [-0.39, 0.29) is 17.3 Å². The Kier molecular flexibility index (Phi) is 5.44. The Morgan fingerprint density at radius 3 is 2.47 bits per heavy atom. The summed E-state index contributed by atoms with van der Waals surface area (Å²) in [5, 5.41) is 2.84. The number of carbonyl (C=O) groups excluding carboxylic acids is 1. The topological polar surface area (TPSA) is 47.6 Å². The predicted molar refractivity (Wildman–Crippen MR) is 113 cm³/mol. The van der Waals surface area contributed by atoms with Gasteiger partial charge in [0.1, 0.15) is 18.0 Å². The number of ether oxygens (including phenoxy) is 2. The minimum absolute atomic E-state index is 0.177. The first-order chi connectivity index (χ1) is 14.4. The molecule has 1 heterocycles. The molecule has 1 aliphatic heterocycles. The largest absolute Gasteiger partial charge is 0.485 e. The van der Waals surface area contributed by atoms with Crippen molar-refractivity contribution in [2.75, 3.05) is 0 Å². The molecule has 0 aromatic heterocycles. The van der Waals surface area contributed by atoms with Crippen molar-refractivity contribution >= 4 is 5.91 Å². The molecule has 0 unspecified atom stereocenters. The Balaban J connectivity index is 1.34. The van der Waals surface area contributed by atoms with E-state index < -0.39 is 0 Å². The highest BCUT2D eigenvalue weighted by atomic mass is 19.1. The van der Waals surface area contributed by atoms with E-state index in [1.807, 2.05) is 24.3 Å². The molecule has 0 aliphatic carbocycles. The summed E-state index contributed by atoms with van der Waals surface area (Å²) in [6.45, 7) is 4.87. The van der Waals surface area contributed by atoms with Gasteiger partial charge < -0.3 is 14.8 Å². The Hall–Kier alpha value is -3.34. The zero-order valence-electron chi connectivity index (χ0n) is 17.1. The lowest BCUT2D eigenvalue weighted by molar-refractivity contribution is 0.0951. The molecule has 0 atom stereocenters. The Morgan fingerprint density at radius 1 is 1.03 bits per heavy atom. The van der Waals surface area contributed by atoms with E-state index in [2.05, 4.69) is 25.2 Å². The first-order valence-corrected chi connectivity index (χ1v) is 9.95. The van der Waals surface area contributed by atoms with Crippen LogP contribution in [0, 0.1) is 5.82 Å². The van der Waals surface area contributed by atoms with Crippen LogP contribution in [0.5, 0.6) is 11.5 Å². The number of amides is 1. The van der Waals surface area contributed by atoms with Crippen LogP contribution in [0.2, 0.25) is 0 Å². The van der Waals surface area contributed by atoms with Crippen LogP contribution >= 0.6 is 0 Å². The highest BCUT2D eigenvalue weighted by Crippen LogP contribution is 2.41. The molecule has 0 spiro atoms. The van der Waals surface area contributed by atoms with Crippen molar-refractivity contribution in [1.82, 2.24) is 5.32 Å². The van der Waals surface area contributed by atoms with Gasteiger partial charge in [-0.2, -0.15) is 0 Å². The summed E-state index contributed by atoms with van der Waals surface area (Å²) in [6.07, 6.45) is 0.862. The highest BCUT2D eigenvalue weighted by molar-refractivity contribution is 5.94. The molecule has 1 aliphatic rings. The molecule has 0 bridgehead atoms. The number of hydrogen-bond donors (Lipinski definition) is 1. The third kappa shape index (κ3) is 4.62. The van der Waals surface area contributed by atoms with E-state index in [4.69, 9.17) is 9.47 Å². The minimum atomic E-state index is -0.293. The van der Waals surface area contributed by atoms with Gasteiger partial charge in [0.2, 0.25) is 0 Å². The van der Waals surface area contributed by atoms with Gasteiger partial charge in [-0.05, 0) is 55.3 Å². The third-order valence-corrected chi connectivity index (χ3v) is 5.03. The number of fused-ring (bicyclic) bond motifs is 1. The lowest BCUT2D eigenvalue weighted by atomic mass is 10.0. The fourth-order valence-corrected chi connectivity index (χ4v) is 3.50. The van der Waals surface area contributed by atoms with Gasteiger partial charge in [-0.1, -0.05) is 36.4 Å². The molecule has 4 nitrogen and oxygen atoms in total. The molecule has 4 rings (SSSR count). The van der Waals surface area contributed by atoms with Crippen LogP contribution in [0.1, 0.15) is 40.9 Å². The van der Waals surface area contributed by atoms with Crippen LogP contribution in [0.25, 0.3) is 0 Å². The standard InChI is InChI=1S/C25H24FNO3/c1-25(2)14-20-4-3-5-22(23(20)30-25)29-16-18-6-10-19(11-7-18)24(28)27-15-17-8-12-21(26)13-9-17/h3-13H,14-16H2,1-2H3,(H,27,28). The van der Waals surface area contributed by atoms with Crippen LogP contribution in [-0.2, 0) is 19.6 Å². The van der Waals surface area contributed by atoms with Crippen LogP contribution in [-0.4, -0.2) is 11.5 Å². The van der Waals surface area contributed by atoms with Gasteiger partial charge in [-0.25, -0.2) is 4.39 Å². The van der Waals surface area contributed by atoms with Gasteiger partial charge in [0.15, 0.2) is 11.5 Å². The maximum Gasteiger partial charge on any atom is 0.251 e. The molecule has 30 heavy (non-hydrogen) atoms. The highest BCUT2D eigenvalue weighted by Gasteiger charge is 2.32. The monoisotopic (exact) mass is 405 g/mol. The van der Waals surface area contributed by atoms with E-state index in [0.29, 0.717) is 18.7 Å². The van der Waals surface area contributed by atoms with E-state index in [1.165, 1.54) is 12.1 Å². The van der Waals surface area contributed by atoms with E-state index in [0.717, 1.165) is 34.6 Å². The molecule has 0 saturated heterocycles. The third-order valence-electron chi connectivity index (χ3n) is 5.03. The lowest BCUT2D eigenvalue weighted by Crippen LogP contribution is -2.24. The van der Waals surface area contributed by atoms with Crippen LogP contribution in [0.3, 0.4) is 0 Å². The predicted octanol–water partition coefficient (Wildman–Crippen LogP) is 5.05. The van der Waals surface area contributed by atoms with Crippen molar-refractivity contribution < 1.29 is 18.7 Å². The summed E-state index contributed by atoms with van der Waals surface area (Å²) in [5.41, 5.74) is 3.30.